The van der Waals surface area contributed by atoms with Crippen LogP contribution in [0.4, 0.5) is 11.4 Å². The standard InChI is InChI=1S/C29H44N2O/c1-3-5-7-8-9-10-11-12-13-15-25-32-29-23-21-28(22-24-29)31-30-27-19-17-26(18-20-27)16-14-6-4-2/h17-24H,3-16,25H2,1-2H3. The average molecular weight is 437 g/mol. The Bertz CT molecular complexity index is 722. The van der Waals surface area contributed by atoms with Crippen LogP contribution in [0.25, 0.3) is 0 Å². The lowest BCUT2D eigenvalue weighted by Crippen LogP contribution is -1.96. The molecule has 3 heteroatoms. The molecule has 0 saturated carbocycles. The number of unbranched alkanes of at least 4 members (excludes halogenated alkanes) is 11. The Kier molecular flexibility index (Phi) is 14.2. The molecule has 0 amide bonds. The van der Waals surface area contributed by atoms with Crippen molar-refractivity contribution in [3.63, 3.8) is 0 Å². The second-order valence-corrected chi connectivity index (χ2v) is 8.85. The minimum Gasteiger partial charge on any atom is -0.494 e. The Hall–Kier alpha value is -2.16. The Balaban J connectivity index is 1.58. The van der Waals surface area contributed by atoms with Crippen LogP contribution in [0.5, 0.6) is 5.75 Å². The highest BCUT2D eigenvalue weighted by molar-refractivity contribution is 5.43. The van der Waals surface area contributed by atoms with Gasteiger partial charge in [0.1, 0.15) is 5.75 Å². The fourth-order valence-electron chi connectivity index (χ4n) is 3.81. The maximum Gasteiger partial charge on any atom is 0.119 e. The first-order valence-electron chi connectivity index (χ1n) is 13.1. The van der Waals surface area contributed by atoms with Crippen molar-refractivity contribution in [2.45, 2.75) is 104 Å². The van der Waals surface area contributed by atoms with E-state index in [2.05, 4.69) is 48.3 Å². The van der Waals surface area contributed by atoms with Crippen LogP contribution in [0, 0.1) is 0 Å². The smallest absolute Gasteiger partial charge is 0.119 e. The van der Waals surface area contributed by atoms with Gasteiger partial charge in [-0.05, 0) is 61.2 Å². The van der Waals surface area contributed by atoms with Gasteiger partial charge >= 0.3 is 0 Å². The summed E-state index contributed by atoms with van der Waals surface area (Å²) in [5, 5.41) is 8.71. The summed E-state index contributed by atoms with van der Waals surface area (Å²) in [7, 11) is 0. The van der Waals surface area contributed by atoms with Crippen molar-refractivity contribution in [1.29, 1.82) is 0 Å². The number of nitrogens with zero attached hydrogens (tertiary/aromatic N) is 2. The zero-order valence-corrected chi connectivity index (χ0v) is 20.5. The summed E-state index contributed by atoms with van der Waals surface area (Å²) in [6.07, 6.45) is 18.4. The second kappa shape index (κ2) is 17.4. The third kappa shape index (κ3) is 12.0. The molecule has 0 N–H and O–H groups in total. The molecular weight excluding hydrogens is 392 g/mol. The highest BCUT2D eigenvalue weighted by atomic mass is 16.5. The number of ether oxygens (including phenoxy) is 1. The Morgan fingerprint density at radius 3 is 1.56 bits per heavy atom. The number of aryl methyl sites for hydroxylation is 1. The van der Waals surface area contributed by atoms with Crippen LogP contribution >= 0.6 is 0 Å². The van der Waals surface area contributed by atoms with Gasteiger partial charge in [0.25, 0.3) is 0 Å². The Labute approximate surface area is 196 Å². The van der Waals surface area contributed by atoms with Gasteiger partial charge in [0.15, 0.2) is 0 Å². The van der Waals surface area contributed by atoms with Gasteiger partial charge in [-0.2, -0.15) is 10.2 Å². The molecule has 3 nitrogen and oxygen atoms in total. The predicted molar refractivity (Wildman–Crippen MR) is 138 cm³/mol. The molecule has 0 aliphatic heterocycles. The molecule has 0 saturated heterocycles. The highest BCUT2D eigenvalue weighted by Crippen LogP contribution is 2.22. The third-order valence-electron chi connectivity index (χ3n) is 5.89. The topological polar surface area (TPSA) is 34.0 Å². The SMILES string of the molecule is CCCCCCCCCCCCOc1ccc(N=Nc2ccc(CCCCC)cc2)cc1. The molecule has 0 atom stereocenters. The minimum absolute atomic E-state index is 0.794. The molecule has 32 heavy (non-hydrogen) atoms. The normalized spacial score (nSPS) is 11.3. The average Bonchev–Trinajstić information content (AvgIpc) is 2.83. The van der Waals surface area contributed by atoms with Crippen molar-refractivity contribution in [3.05, 3.63) is 54.1 Å². The van der Waals surface area contributed by atoms with E-state index in [-0.39, 0.29) is 0 Å². The number of benzene rings is 2. The van der Waals surface area contributed by atoms with Gasteiger partial charge in [0.2, 0.25) is 0 Å². The van der Waals surface area contributed by atoms with E-state index in [1.165, 1.54) is 82.6 Å². The van der Waals surface area contributed by atoms with E-state index >= 15 is 0 Å². The van der Waals surface area contributed by atoms with Crippen LogP contribution in [-0.4, -0.2) is 6.61 Å². The van der Waals surface area contributed by atoms with E-state index in [1.54, 1.807) is 0 Å². The van der Waals surface area contributed by atoms with Gasteiger partial charge < -0.3 is 4.74 Å². The first-order chi connectivity index (χ1) is 15.8. The number of azo groups is 1. The van der Waals surface area contributed by atoms with Crippen LogP contribution in [0.3, 0.4) is 0 Å². The fraction of sp³-hybridized carbons (Fsp3) is 0.586. The zero-order chi connectivity index (χ0) is 22.7. The molecule has 0 fully saturated rings. The van der Waals surface area contributed by atoms with Crippen molar-refractivity contribution >= 4 is 11.4 Å². The van der Waals surface area contributed by atoms with Gasteiger partial charge in [0.05, 0.1) is 18.0 Å². The number of hydrogen-bond donors (Lipinski definition) is 0. The lowest BCUT2D eigenvalue weighted by molar-refractivity contribution is 0.304. The third-order valence-corrected chi connectivity index (χ3v) is 5.89. The van der Waals surface area contributed by atoms with Gasteiger partial charge in [-0.25, -0.2) is 0 Å². The second-order valence-electron chi connectivity index (χ2n) is 8.85. The van der Waals surface area contributed by atoms with Crippen molar-refractivity contribution < 1.29 is 4.74 Å². The van der Waals surface area contributed by atoms with Gasteiger partial charge in [-0.1, -0.05) is 96.6 Å². The van der Waals surface area contributed by atoms with E-state index in [0.717, 1.165) is 36.6 Å². The zero-order valence-electron chi connectivity index (χ0n) is 20.5. The summed E-state index contributed by atoms with van der Waals surface area (Å²) in [6, 6.07) is 16.3. The number of hydrogen-bond acceptors (Lipinski definition) is 3. The molecule has 0 aliphatic rings. The fourth-order valence-corrected chi connectivity index (χ4v) is 3.81. The molecule has 2 rings (SSSR count). The maximum atomic E-state index is 5.88. The molecule has 0 aromatic heterocycles. The van der Waals surface area contributed by atoms with Gasteiger partial charge in [-0.15, -0.1) is 0 Å². The van der Waals surface area contributed by atoms with Crippen LogP contribution in [0.15, 0.2) is 58.8 Å². The monoisotopic (exact) mass is 436 g/mol. The molecule has 0 heterocycles. The predicted octanol–water partition coefficient (Wildman–Crippen LogP) is 10.1. The molecule has 0 bridgehead atoms. The van der Waals surface area contributed by atoms with E-state index in [0.29, 0.717) is 0 Å². The van der Waals surface area contributed by atoms with E-state index in [9.17, 15) is 0 Å². The number of rotatable bonds is 18. The Morgan fingerprint density at radius 1 is 0.531 bits per heavy atom. The molecule has 176 valence electrons. The van der Waals surface area contributed by atoms with Crippen LogP contribution in [0.2, 0.25) is 0 Å². The van der Waals surface area contributed by atoms with E-state index in [4.69, 9.17) is 4.74 Å². The highest BCUT2D eigenvalue weighted by Gasteiger charge is 1.98. The summed E-state index contributed by atoms with van der Waals surface area (Å²) >= 11 is 0. The largest absolute Gasteiger partial charge is 0.494 e. The first kappa shape index (κ1) is 26.1. The first-order valence-corrected chi connectivity index (χ1v) is 13.1. The summed E-state index contributed by atoms with van der Waals surface area (Å²) in [4.78, 5) is 0. The summed E-state index contributed by atoms with van der Waals surface area (Å²) < 4.78 is 5.88. The Morgan fingerprint density at radius 2 is 1.00 bits per heavy atom. The van der Waals surface area contributed by atoms with E-state index in [1.807, 2.05) is 24.3 Å². The van der Waals surface area contributed by atoms with E-state index < -0.39 is 0 Å². The van der Waals surface area contributed by atoms with Crippen molar-refractivity contribution in [2.75, 3.05) is 6.61 Å². The lowest BCUT2D eigenvalue weighted by Gasteiger charge is -2.06. The molecule has 0 radical (unpaired) electrons. The summed E-state index contributed by atoms with van der Waals surface area (Å²) in [5.41, 5.74) is 3.12. The molecular formula is C29H44N2O. The van der Waals surface area contributed by atoms with Gasteiger partial charge in [0, 0.05) is 0 Å². The molecule has 2 aromatic carbocycles. The van der Waals surface area contributed by atoms with Crippen LogP contribution in [0.1, 0.15) is 103 Å². The van der Waals surface area contributed by atoms with Crippen molar-refractivity contribution in [2.24, 2.45) is 10.2 Å². The molecule has 0 aliphatic carbocycles. The summed E-state index contributed by atoms with van der Waals surface area (Å²) in [6.45, 7) is 5.31. The maximum absolute atomic E-state index is 5.88. The molecule has 2 aromatic rings. The molecule has 0 unspecified atom stereocenters. The van der Waals surface area contributed by atoms with Crippen LogP contribution in [-0.2, 0) is 6.42 Å². The van der Waals surface area contributed by atoms with Crippen LogP contribution < -0.4 is 4.74 Å². The molecule has 0 spiro atoms. The summed E-state index contributed by atoms with van der Waals surface area (Å²) in [5.74, 6) is 0.913. The lowest BCUT2D eigenvalue weighted by atomic mass is 10.1. The van der Waals surface area contributed by atoms with Gasteiger partial charge in [-0.3, -0.25) is 0 Å². The van der Waals surface area contributed by atoms with Crippen molar-refractivity contribution in [1.82, 2.24) is 0 Å². The quantitative estimate of drug-likeness (QED) is 0.169. The minimum atomic E-state index is 0.794. The van der Waals surface area contributed by atoms with Crippen molar-refractivity contribution in [3.8, 4) is 5.75 Å².